The van der Waals surface area contributed by atoms with Gasteiger partial charge in [0.05, 0.1) is 11.6 Å². The van der Waals surface area contributed by atoms with Crippen LogP contribution in [0.3, 0.4) is 0 Å². The first kappa shape index (κ1) is 24.1. The van der Waals surface area contributed by atoms with E-state index >= 15 is 0 Å². The van der Waals surface area contributed by atoms with E-state index in [1.807, 2.05) is 61.5 Å². The number of ether oxygens (including phenoxy) is 1. The fraction of sp³-hybridized carbons (Fsp3) is 0.650. The smallest absolute Gasteiger partial charge is 0.227 e. The van der Waals surface area contributed by atoms with Crippen LogP contribution in [0.15, 0.2) is 6.07 Å². The fourth-order valence-electron chi connectivity index (χ4n) is 2.69. The van der Waals surface area contributed by atoms with Crippen molar-refractivity contribution in [3.63, 3.8) is 0 Å². The van der Waals surface area contributed by atoms with Crippen molar-refractivity contribution in [2.24, 2.45) is 5.73 Å². The van der Waals surface area contributed by atoms with Gasteiger partial charge in [0.1, 0.15) is 23.6 Å². The highest BCUT2D eigenvalue weighted by Gasteiger charge is 2.27. The zero-order chi connectivity index (χ0) is 20.3. The highest BCUT2D eigenvalue weighted by atomic mass is 16.5. The number of nitrogens with zero attached hydrogens (tertiary/aromatic N) is 4. The minimum Gasteiger partial charge on any atom is -0.475 e. The molecule has 2 N–H and O–H groups in total. The second-order valence-electron chi connectivity index (χ2n) is 5.04. The largest absolute Gasteiger partial charge is 0.475 e. The molecule has 1 aliphatic heterocycles. The molecule has 3 heterocycles. The van der Waals surface area contributed by atoms with E-state index in [-0.39, 0.29) is 6.04 Å². The Morgan fingerprint density at radius 1 is 1.08 bits per heavy atom. The molecule has 6 nitrogen and oxygen atoms in total. The Labute approximate surface area is 159 Å². The first-order valence-corrected chi connectivity index (χ1v) is 9.89. The maximum atomic E-state index is 5.88. The molecule has 1 atom stereocenters. The quantitative estimate of drug-likeness (QED) is 0.859. The van der Waals surface area contributed by atoms with E-state index in [0.29, 0.717) is 19.0 Å². The normalized spacial score (nSPS) is 14.5. The van der Waals surface area contributed by atoms with Crippen LogP contribution in [0.4, 0.5) is 5.82 Å². The van der Waals surface area contributed by atoms with Gasteiger partial charge in [-0.1, -0.05) is 41.5 Å². The van der Waals surface area contributed by atoms with Crippen molar-refractivity contribution in [2.75, 3.05) is 24.6 Å². The molecule has 0 fully saturated rings. The number of likely N-dealkylation sites (N-methyl/N-ethyl adjacent to an activating group) is 1. The summed E-state index contributed by atoms with van der Waals surface area (Å²) in [5.41, 5.74) is 7.66. The summed E-state index contributed by atoms with van der Waals surface area (Å²) in [6.45, 7) is 19.8. The molecule has 2 aromatic rings. The van der Waals surface area contributed by atoms with Crippen LogP contribution < -0.4 is 15.4 Å². The second-order valence-corrected chi connectivity index (χ2v) is 5.04. The van der Waals surface area contributed by atoms with Crippen LogP contribution in [0.2, 0.25) is 0 Å². The monoisotopic (exact) mass is 363 g/mol. The Hall–Kier alpha value is -1.95. The van der Waals surface area contributed by atoms with Crippen molar-refractivity contribution < 1.29 is 4.74 Å². The zero-order valence-corrected chi connectivity index (χ0v) is 18.1. The third kappa shape index (κ3) is 5.27. The SMILES string of the molecule is CC.CC.CC.CCN1c2nc(C)nc3cc(C)nc(c23)OCC1CN. The molecule has 0 saturated heterocycles. The predicted octanol–water partition coefficient (Wildman–Crippen LogP) is 4.27. The number of aryl methyl sites for hydroxylation is 2. The topological polar surface area (TPSA) is 77.2 Å². The van der Waals surface area contributed by atoms with E-state index in [1.165, 1.54) is 0 Å². The Kier molecular flexibility index (Phi) is 11.5. The van der Waals surface area contributed by atoms with Crippen LogP contribution in [0.25, 0.3) is 10.9 Å². The number of nitrogens with two attached hydrogens (primary N) is 1. The van der Waals surface area contributed by atoms with E-state index in [9.17, 15) is 0 Å². The highest BCUT2D eigenvalue weighted by molar-refractivity contribution is 5.94. The molecule has 0 amide bonds. The molecule has 0 spiro atoms. The van der Waals surface area contributed by atoms with Gasteiger partial charge in [0, 0.05) is 18.8 Å². The standard InChI is InChI=1S/C14H19N5O.3C2H6/c1-4-19-10(6-15)7-20-14-12-11(5-8(2)16-14)17-9(3)18-13(12)19;3*1-2/h5,10H,4,6-7,15H2,1-3H3;3*1-2H3. The van der Waals surface area contributed by atoms with Crippen molar-refractivity contribution in [1.82, 2.24) is 15.0 Å². The summed E-state index contributed by atoms with van der Waals surface area (Å²) in [5, 5.41) is 0.888. The molecule has 0 radical (unpaired) electrons. The van der Waals surface area contributed by atoms with Gasteiger partial charge in [0.25, 0.3) is 0 Å². The van der Waals surface area contributed by atoms with Crippen molar-refractivity contribution in [3.05, 3.63) is 17.6 Å². The van der Waals surface area contributed by atoms with Crippen molar-refractivity contribution in [2.45, 2.75) is 68.4 Å². The number of hydrogen-bond donors (Lipinski definition) is 1. The molecule has 2 aromatic heterocycles. The molecule has 148 valence electrons. The fourth-order valence-corrected chi connectivity index (χ4v) is 2.69. The lowest BCUT2D eigenvalue weighted by atomic mass is 10.2. The minimum atomic E-state index is 0.104. The van der Waals surface area contributed by atoms with Gasteiger partial charge in [-0.05, 0) is 26.8 Å². The molecular formula is C20H37N5O. The molecule has 0 aromatic carbocycles. The van der Waals surface area contributed by atoms with Crippen LogP contribution in [0, 0.1) is 13.8 Å². The Morgan fingerprint density at radius 2 is 1.69 bits per heavy atom. The predicted molar refractivity (Wildman–Crippen MR) is 112 cm³/mol. The first-order valence-electron chi connectivity index (χ1n) is 9.89. The van der Waals surface area contributed by atoms with E-state index in [2.05, 4.69) is 26.8 Å². The van der Waals surface area contributed by atoms with E-state index < -0.39 is 0 Å². The number of rotatable bonds is 2. The van der Waals surface area contributed by atoms with Gasteiger partial charge in [-0.15, -0.1) is 0 Å². The van der Waals surface area contributed by atoms with Crippen LogP contribution in [-0.2, 0) is 0 Å². The molecular weight excluding hydrogens is 326 g/mol. The summed E-state index contributed by atoms with van der Waals surface area (Å²) in [5.74, 6) is 2.25. The van der Waals surface area contributed by atoms with Crippen molar-refractivity contribution >= 4 is 16.7 Å². The number of anilines is 1. The van der Waals surface area contributed by atoms with Crippen LogP contribution in [-0.4, -0.2) is 40.7 Å². The Morgan fingerprint density at radius 3 is 2.23 bits per heavy atom. The number of hydrogen-bond acceptors (Lipinski definition) is 6. The third-order valence-electron chi connectivity index (χ3n) is 3.61. The number of aromatic nitrogens is 3. The van der Waals surface area contributed by atoms with E-state index in [1.54, 1.807) is 0 Å². The van der Waals surface area contributed by atoms with Gasteiger partial charge in [-0.25, -0.2) is 15.0 Å². The summed E-state index contributed by atoms with van der Waals surface area (Å²) in [7, 11) is 0. The first-order chi connectivity index (χ1) is 12.6. The molecule has 6 heteroatoms. The molecule has 0 saturated carbocycles. The Bertz CT molecular complexity index is 655. The average molecular weight is 364 g/mol. The molecule has 1 unspecified atom stereocenters. The highest BCUT2D eigenvalue weighted by Crippen LogP contribution is 2.34. The van der Waals surface area contributed by atoms with Gasteiger partial charge in [-0.2, -0.15) is 0 Å². The lowest BCUT2D eigenvalue weighted by molar-refractivity contribution is 0.282. The Balaban J connectivity index is 0.000000948. The third-order valence-corrected chi connectivity index (χ3v) is 3.61. The molecule has 3 rings (SSSR count). The molecule has 0 aliphatic carbocycles. The van der Waals surface area contributed by atoms with E-state index in [0.717, 1.165) is 34.8 Å². The maximum absolute atomic E-state index is 5.88. The van der Waals surface area contributed by atoms with Crippen molar-refractivity contribution in [3.8, 4) is 5.88 Å². The van der Waals surface area contributed by atoms with E-state index in [4.69, 9.17) is 10.5 Å². The maximum Gasteiger partial charge on any atom is 0.227 e. The van der Waals surface area contributed by atoms with Crippen LogP contribution in [0.1, 0.15) is 60.0 Å². The zero-order valence-electron chi connectivity index (χ0n) is 18.1. The van der Waals surface area contributed by atoms with Crippen molar-refractivity contribution in [1.29, 1.82) is 0 Å². The van der Waals surface area contributed by atoms with Crippen LogP contribution in [0.5, 0.6) is 5.88 Å². The van der Waals surface area contributed by atoms with Gasteiger partial charge < -0.3 is 15.4 Å². The van der Waals surface area contributed by atoms with Gasteiger partial charge in [0.2, 0.25) is 5.88 Å². The lowest BCUT2D eigenvalue weighted by Gasteiger charge is -2.28. The molecule has 1 aliphatic rings. The summed E-state index contributed by atoms with van der Waals surface area (Å²) in [6.07, 6.45) is 0. The van der Waals surface area contributed by atoms with Gasteiger partial charge >= 0.3 is 0 Å². The minimum absolute atomic E-state index is 0.104. The second kappa shape index (κ2) is 12.4. The summed E-state index contributed by atoms with van der Waals surface area (Å²) in [6, 6.07) is 2.07. The number of pyridine rings is 1. The summed E-state index contributed by atoms with van der Waals surface area (Å²) < 4.78 is 5.86. The van der Waals surface area contributed by atoms with Gasteiger partial charge in [0.15, 0.2) is 0 Å². The van der Waals surface area contributed by atoms with Gasteiger partial charge in [-0.3, -0.25) is 0 Å². The average Bonchev–Trinajstić information content (AvgIpc) is 2.83. The summed E-state index contributed by atoms with van der Waals surface area (Å²) >= 11 is 0. The molecule has 0 bridgehead atoms. The molecule has 26 heavy (non-hydrogen) atoms. The van der Waals surface area contributed by atoms with Crippen LogP contribution >= 0.6 is 0 Å². The lowest BCUT2D eigenvalue weighted by Crippen LogP contribution is -2.44. The summed E-state index contributed by atoms with van der Waals surface area (Å²) in [4.78, 5) is 15.8.